The maximum absolute atomic E-state index is 12.4. The van der Waals surface area contributed by atoms with Crippen molar-refractivity contribution in [2.75, 3.05) is 23.7 Å². The normalized spacial score (nSPS) is 13.6. The predicted molar refractivity (Wildman–Crippen MR) is 97.7 cm³/mol. The Hall–Kier alpha value is -1.65. The van der Waals surface area contributed by atoms with Crippen LogP contribution >= 0.6 is 23.4 Å². The van der Waals surface area contributed by atoms with E-state index in [1.165, 1.54) is 10.6 Å². The predicted octanol–water partition coefficient (Wildman–Crippen LogP) is 4.20. The fourth-order valence-electron chi connectivity index (χ4n) is 2.63. The Labute approximate surface area is 146 Å². The molecule has 0 bridgehead atoms. The monoisotopic (exact) mass is 346 g/mol. The van der Waals surface area contributed by atoms with Crippen molar-refractivity contribution in [3.05, 3.63) is 58.6 Å². The summed E-state index contributed by atoms with van der Waals surface area (Å²) in [5, 5.41) is 3.67. The number of hydrogen-bond donors (Lipinski definition) is 1. The van der Waals surface area contributed by atoms with E-state index >= 15 is 0 Å². The van der Waals surface area contributed by atoms with E-state index in [1.807, 2.05) is 48.2 Å². The average Bonchev–Trinajstić information content (AvgIpc) is 2.60. The van der Waals surface area contributed by atoms with Gasteiger partial charge in [-0.25, -0.2) is 0 Å². The molecule has 2 aromatic carbocycles. The summed E-state index contributed by atoms with van der Waals surface area (Å²) in [6.07, 6.45) is 0. The minimum absolute atomic E-state index is 0.0469. The van der Waals surface area contributed by atoms with Gasteiger partial charge >= 0.3 is 0 Å². The van der Waals surface area contributed by atoms with E-state index in [0.717, 1.165) is 24.4 Å². The van der Waals surface area contributed by atoms with Gasteiger partial charge in [0.2, 0.25) is 0 Å². The number of benzene rings is 2. The van der Waals surface area contributed by atoms with Crippen molar-refractivity contribution >= 4 is 35.0 Å². The first-order chi connectivity index (χ1) is 11.2. The Kier molecular flexibility index (Phi) is 5.13. The number of halogens is 1. The zero-order valence-electron chi connectivity index (χ0n) is 13.0. The lowest BCUT2D eigenvalue weighted by Crippen LogP contribution is -2.29. The van der Waals surface area contributed by atoms with E-state index in [2.05, 4.69) is 23.2 Å². The van der Waals surface area contributed by atoms with E-state index in [-0.39, 0.29) is 5.91 Å². The molecule has 0 spiro atoms. The van der Waals surface area contributed by atoms with Crippen molar-refractivity contribution in [1.29, 1.82) is 0 Å². The second-order valence-corrected chi connectivity index (χ2v) is 6.99. The van der Waals surface area contributed by atoms with Crippen molar-refractivity contribution in [1.82, 2.24) is 5.32 Å². The molecule has 0 aliphatic carbocycles. The molecule has 5 heteroatoms. The van der Waals surface area contributed by atoms with Gasteiger partial charge in [0.1, 0.15) is 0 Å². The van der Waals surface area contributed by atoms with Gasteiger partial charge in [0.25, 0.3) is 5.91 Å². The van der Waals surface area contributed by atoms with Gasteiger partial charge in [-0.05, 0) is 42.8 Å². The zero-order valence-corrected chi connectivity index (χ0v) is 14.6. The molecule has 0 aromatic heterocycles. The standard InChI is InChI=1S/C18H19ClN2OS/c1-2-21-9-10-23-17-8-5-14(11-16(17)21)18(22)20-12-13-3-6-15(19)7-4-13/h3-8,11H,2,9-10,12H2,1H3,(H,20,22). The molecule has 1 aliphatic heterocycles. The molecule has 1 heterocycles. The van der Waals surface area contributed by atoms with Crippen LogP contribution in [0.15, 0.2) is 47.4 Å². The maximum Gasteiger partial charge on any atom is 0.251 e. The van der Waals surface area contributed by atoms with Gasteiger partial charge in [-0.3, -0.25) is 4.79 Å². The highest BCUT2D eigenvalue weighted by molar-refractivity contribution is 7.99. The summed E-state index contributed by atoms with van der Waals surface area (Å²) >= 11 is 7.73. The van der Waals surface area contributed by atoms with E-state index in [0.29, 0.717) is 17.1 Å². The zero-order chi connectivity index (χ0) is 16.2. The van der Waals surface area contributed by atoms with Crippen molar-refractivity contribution in [2.45, 2.75) is 18.4 Å². The molecule has 0 fully saturated rings. The number of fused-ring (bicyclic) bond motifs is 1. The van der Waals surface area contributed by atoms with Gasteiger partial charge in [0, 0.05) is 40.9 Å². The molecule has 2 aromatic rings. The average molecular weight is 347 g/mol. The van der Waals surface area contributed by atoms with Gasteiger partial charge < -0.3 is 10.2 Å². The summed E-state index contributed by atoms with van der Waals surface area (Å²) in [6.45, 7) is 4.64. The molecule has 3 rings (SSSR count). The number of nitrogens with zero attached hydrogens (tertiary/aromatic N) is 1. The van der Waals surface area contributed by atoms with Gasteiger partial charge in [-0.15, -0.1) is 11.8 Å². The lowest BCUT2D eigenvalue weighted by molar-refractivity contribution is 0.0951. The van der Waals surface area contributed by atoms with Gasteiger partial charge in [0.15, 0.2) is 0 Å². The van der Waals surface area contributed by atoms with Crippen LogP contribution in [0, 0.1) is 0 Å². The number of nitrogens with one attached hydrogen (secondary N) is 1. The summed E-state index contributed by atoms with van der Waals surface area (Å²) in [5.41, 5.74) is 2.91. The van der Waals surface area contributed by atoms with Crippen molar-refractivity contribution in [2.24, 2.45) is 0 Å². The Morgan fingerprint density at radius 2 is 2.04 bits per heavy atom. The number of carbonyl (C=O) groups excluding carboxylic acids is 1. The molecule has 0 radical (unpaired) electrons. The highest BCUT2D eigenvalue weighted by Crippen LogP contribution is 2.35. The minimum atomic E-state index is -0.0469. The summed E-state index contributed by atoms with van der Waals surface area (Å²) in [6, 6.07) is 13.5. The molecule has 1 amide bonds. The van der Waals surface area contributed by atoms with Crippen LogP contribution in [0.5, 0.6) is 0 Å². The minimum Gasteiger partial charge on any atom is -0.370 e. The molecular formula is C18H19ClN2OS. The summed E-state index contributed by atoms with van der Waals surface area (Å²) in [4.78, 5) is 16.0. The first kappa shape index (κ1) is 16.2. The van der Waals surface area contributed by atoms with E-state index < -0.39 is 0 Å². The van der Waals surface area contributed by atoms with Gasteiger partial charge in [-0.1, -0.05) is 23.7 Å². The fraction of sp³-hybridized carbons (Fsp3) is 0.278. The van der Waals surface area contributed by atoms with E-state index in [1.54, 1.807) is 0 Å². The number of hydrogen-bond acceptors (Lipinski definition) is 3. The second kappa shape index (κ2) is 7.28. The van der Waals surface area contributed by atoms with Crippen LogP contribution in [0.4, 0.5) is 5.69 Å². The summed E-state index contributed by atoms with van der Waals surface area (Å²) in [7, 11) is 0. The Morgan fingerprint density at radius 3 is 2.78 bits per heavy atom. The lowest BCUT2D eigenvalue weighted by atomic mass is 10.1. The van der Waals surface area contributed by atoms with Crippen LogP contribution in [0.25, 0.3) is 0 Å². The smallest absolute Gasteiger partial charge is 0.251 e. The van der Waals surface area contributed by atoms with Crippen LogP contribution < -0.4 is 10.2 Å². The second-order valence-electron chi connectivity index (χ2n) is 5.42. The van der Waals surface area contributed by atoms with Gasteiger partial charge in [-0.2, -0.15) is 0 Å². The number of amides is 1. The highest BCUT2D eigenvalue weighted by Gasteiger charge is 2.18. The SMILES string of the molecule is CCN1CCSc2ccc(C(=O)NCc3ccc(Cl)cc3)cc21. The van der Waals surface area contributed by atoms with Crippen molar-refractivity contribution in [3.63, 3.8) is 0 Å². The van der Waals surface area contributed by atoms with Crippen LogP contribution in [0.1, 0.15) is 22.8 Å². The molecular weight excluding hydrogens is 328 g/mol. The van der Waals surface area contributed by atoms with E-state index in [4.69, 9.17) is 11.6 Å². The fourth-order valence-corrected chi connectivity index (χ4v) is 3.79. The molecule has 0 unspecified atom stereocenters. The Bertz CT molecular complexity index is 703. The summed E-state index contributed by atoms with van der Waals surface area (Å²) in [5.74, 6) is 1.05. The van der Waals surface area contributed by atoms with Crippen LogP contribution in [0.3, 0.4) is 0 Å². The molecule has 1 N–H and O–H groups in total. The van der Waals surface area contributed by atoms with Crippen LogP contribution in [-0.4, -0.2) is 24.7 Å². The number of thioether (sulfide) groups is 1. The third kappa shape index (κ3) is 3.82. The van der Waals surface area contributed by atoms with Crippen molar-refractivity contribution < 1.29 is 4.79 Å². The first-order valence-electron chi connectivity index (χ1n) is 7.72. The Morgan fingerprint density at radius 1 is 1.26 bits per heavy atom. The summed E-state index contributed by atoms with van der Waals surface area (Å²) < 4.78 is 0. The van der Waals surface area contributed by atoms with Crippen LogP contribution in [0.2, 0.25) is 5.02 Å². The molecule has 0 saturated carbocycles. The Balaban J connectivity index is 1.71. The maximum atomic E-state index is 12.4. The largest absolute Gasteiger partial charge is 0.370 e. The molecule has 3 nitrogen and oxygen atoms in total. The van der Waals surface area contributed by atoms with Gasteiger partial charge in [0.05, 0.1) is 5.69 Å². The number of rotatable bonds is 4. The highest BCUT2D eigenvalue weighted by atomic mass is 35.5. The molecule has 1 aliphatic rings. The first-order valence-corrected chi connectivity index (χ1v) is 9.08. The molecule has 0 atom stereocenters. The number of anilines is 1. The number of carbonyl (C=O) groups is 1. The quantitative estimate of drug-likeness (QED) is 0.900. The lowest BCUT2D eigenvalue weighted by Gasteiger charge is -2.30. The topological polar surface area (TPSA) is 32.3 Å². The molecule has 0 saturated heterocycles. The van der Waals surface area contributed by atoms with Crippen molar-refractivity contribution in [3.8, 4) is 0 Å². The third-order valence-corrected chi connectivity index (χ3v) is 5.22. The van der Waals surface area contributed by atoms with Crippen LogP contribution in [-0.2, 0) is 6.54 Å². The molecule has 23 heavy (non-hydrogen) atoms. The van der Waals surface area contributed by atoms with E-state index in [9.17, 15) is 4.79 Å². The third-order valence-electron chi connectivity index (χ3n) is 3.93. The molecule has 120 valence electrons.